The molecular weight excluding hydrogens is 271 g/mol. The van der Waals surface area contributed by atoms with Crippen molar-refractivity contribution in [2.75, 3.05) is 0 Å². The van der Waals surface area contributed by atoms with Gasteiger partial charge in [0.25, 0.3) is 0 Å². The van der Waals surface area contributed by atoms with E-state index in [1.807, 2.05) is 0 Å². The Kier molecular flexibility index (Phi) is 34.2. The molecular formula is C9H33O3PSi3. The predicted octanol–water partition coefficient (Wildman–Crippen LogP) is 2.50. The summed E-state index contributed by atoms with van der Waals surface area (Å²) in [5.74, 6) is 0. The van der Waals surface area contributed by atoms with Gasteiger partial charge < -0.3 is 14.7 Å². The van der Waals surface area contributed by atoms with Gasteiger partial charge in [-0.25, -0.2) is 0 Å². The van der Waals surface area contributed by atoms with Crippen LogP contribution in [0.1, 0.15) is 0 Å². The zero-order valence-corrected chi connectivity index (χ0v) is 16.9. The summed E-state index contributed by atoms with van der Waals surface area (Å²) in [6.45, 7) is 20.8. The van der Waals surface area contributed by atoms with Crippen LogP contribution in [0.3, 0.4) is 0 Å². The van der Waals surface area contributed by atoms with E-state index in [0.29, 0.717) is 0 Å². The summed E-state index contributed by atoms with van der Waals surface area (Å²) in [4.78, 5) is 21.7. The summed E-state index contributed by atoms with van der Waals surface area (Å²) >= 11 is 0. The molecule has 0 saturated heterocycles. The third-order valence-corrected chi connectivity index (χ3v) is 0. The van der Waals surface area contributed by atoms with E-state index in [2.05, 4.69) is 58.9 Å². The van der Waals surface area contributed by atoms with Crippen LogP contribution in [0, 0.1) is 0 Å². The molecule has 7 heteroatoms. The van der Waals surface area contributed by atoms with E-state index in [1.165, 1.54) is 0 Å². The molecule has 0 fully saturated rings. The second kappa shape index (κ2) is 21.3. The van der Waals surface area contributed by atoms with Gasteiger partial charge in [-0.15, -0.1) is 0 Å². The van der Waals surface area contributed by atoms with Crippen molar-refractivity contribution < 1.29 is 14.7 Å². The minimum absolute atomic E-state index is 0.139. The molecule has 0 aliphatic heterocycles. The summed E-state index contributed by atoms with van der Waals surface area (Å²) in [5, 5.41) is 0. The maximum absolute atomic E-state index is 7.23. The van der Waals surface area contributed by atoms with Crippen LogP contribution in [-0.4, -0.2) is 41.1 Å². The van der Waals surface area contributed by atoms with Gasteiger partial charge in [0.15, 0.2) is 0 Å². The summed E-state index contributed by atoms with van der Waals surface area (Å²) in [6, 6.07) is 0. The lowest BCUT2D eigenvalue weighted by Gasteiger charge is -1.76. The van der Waals surface area contributed by atoms with Gasteiger partial charge in [-0.2, -0.15) is 0 Å². The fraction of sp³-hybridized carbons (Fsp3) is 1.00. The molecule has 104 valence electrons. The molecule has 0 heterocycles. The third kappa shape index (κ3) is 3160. The first-order valence-electron chi connectivity index (χ1n) is 5.80. The molecule has 0 rings (SSSR count). The average molecular weight is 305 g/mol. The van der Waals surface area contributed by atoms with Crippen LogP contribution >= 0.6 is 8.60 Å². The van der Waals surface area contributed by atoms with Gasteiger partial charge in [0.05, 0.1) is 0 Å². The van der Waals surface area contributed by atoms with Crippen molar-refractivity contribution in [3.05, 3.63) is 0 Å². The molecule has 3 nitrogen and oxygen atoms in total. The molecule has 0 spiro atoms. The van der Waals surface area contributed by atoms with Gasteiger partial charge in [-0.05, 0) is 0 Å². The van der Waals surface area contributed by atoms with Gasteiger partial charge in [-0.3, -0.25) is 0 Å². The molecule has 0 radical (unpaired) electrons. The molecule has 0 aromatic carbocycles. The fourth-order valence-electron chi connectivity index (χ4n) is 0. The van der Waals surface area contributed by atoms with E-state index < -0.39 is 8.60 Å². The van der Waals surface area contributed by atoms with Crippen molar-refractivity contribution >= 4 is 35.0 Å². The Morgan fingerprint density at radius 1 is 0.500 bits per heavy atom. The van der Waals surface area contributed by atoms with E-state index in [-0.39, 0.29) is 26.4 Å². The third-order valence-electron chi connectivity index (χ3n) is 0. The second-order valence-electron chi connectivity index (χ2n) is 5.46. The van der Waals surface area contributed by atoms with Crippen LogP contribution in [0.4, 0.5) is 0 Å². The minimum atomic E-state index is -2.62. The molecule has 0 aromatic heterocycles. The standard InChI is InChI=1S/3C3H10Si.H3O3P/c4*1-4(2)3/h3*4H,1-3H3;1-3H. The van der Waals surface area contributed by atoms with Crippen LogP contribution in [0.25, 0.3) is 0 Å². The summed E-state index contributed by atoms with van der Waals surface area (Å²) < 4.78 is 0. The molecule has 0 aromatic rings. The Bertz CT molecular complexity index is 69.0. The fourth-order valence-corrected chi connectivity index (χ4v) is 0. The summed E-state index contributed by atoms with van der Waals surface area (Å²) in [6.07, 6.45) is 0. The van der Waals surface area contributed by atoms with E-state index in [4.69, 9.17) is 14.7 Å². The quantitative estimate of drug-likeness (QED) is 0.476. The maximum atomic E-state index is 7.23. The lowest BCUT2D eigenvalue weighted by molar-refractivity contribution is 0.368. The maximum Gasteiger partial charge on any atom is 0.324 e. The van der Waals surface area contributed by atoms with Gasteiger partial charge in [-0.1, -0.05) is 58.9 Å². The molecule has 3 N–H and O–H groups in total. The second-order valence-corrected chi connectivity index (χ2v) is 16.4. The molecule has 0 aliphatic rings. The minimum Gasteiger partial charge on any atom is -0.328 e. The summed E-state index contributed by atoms with van der Waals surface area (Å²) in [7, 11) is -3.04. The van der Waals surface area contributed by atoms with Gasteiger partial charge in [0.2, 0.25) is 0 Å². The molecule has 0 bridgehead atoms. The lowest BCUT2D eigenvalue weighted by Crippen LogP contribution is -1.84. The Balaban J connectivity index is -0.0000000600. The highest BCUT2D eigenvalue weighted by molar-refractivity contribution is 7.38. The van der Waals surface area contributed by atoms with Gasteiger partial charge in [0.1, 0.15) is 0 Å². The lowest BCUT2D eigenvalue weighted by atomic mass is 11.8. The smallest absolute Gasteiger partial charge is 0.324 e. The van der Waals surface area contributed by atoms with Crippen LogP contribution in [0.15, 0.2) is 0 Å². The van der Waals surface area contributed by atoms with Gasteiger partial charge in [0, 0.05) is 26.4 Å². The largest absolute Gasteiger partial charge is 0.328 e. The SMILES string of the molecule is C[SiH](C)C.C[SiH](C)C.C[SiH](C)C.OP(O)O. The molecule has 0 unspecified atom stereocenters. The Hall–Kier alpha value is 0.961. The summed E-state index contributed by atoms with van der Waals surface area (Å²) in [5.41, 5.74) is 0. The van der Waals surface area contributed by atoms with Crippen molar-refractivity contribution in [3.8, 4) is 0 Å². The van der Waals surface area contributed by atoms with Crippen molar-refractivity contribution in [1.29, 1.82) is 0 Å². The highest BCUT2D eigenvalue weighted by Crippen LogP contribution is 2.11. The highest BCUT2D eigenvalue weighted by Gasteiger charge is 1.76. The Morgan fingerprint density at radius 3 is 0.500 bits per heavy atom. The topological polar surface area (TPSA) is 60.7 Å². The van der Waals surface area contributed by atoms with Crippen molar-refractivity contribution in [1.82, 2.24) is 0 Å². The van der Waals surface area contributed by atoms with Crippen molar-refractivity contribution in [3.63, 3.8) is 0 Å². The number of hydrogen-bond donors (Lipinski definition) is 3. The first kappa shape index (κ1) is 25.7. The zero-order chi connectivity index (χ0) is 14.3. The van der Waals surface area contributed by atoms with Crippen LogP contribution in [-0.2, 0) is 0 Å². The van der Waals surface area contributed by atoms with Gasteiger partial charge >= 0.3 is 8.60 Å². The molecule has 0 atom stereocenters. The Labute approximate surface area is 109 Å². The van der Waals surface area contributed by atoms with Crippen molar-refractivity contribution in [2.24, 2.45) is 0 Å². The normalized spacial score (nSPS) is 9.00. The highest BCUT2D eigenvalue weighted by atomic mass is 31.2. The average Bonchev–Trinajstić information content (AvgIpc) is 1.76. The first-order valence-corrected chi connectivity index (χ1v) is 17.4. The molecule has 0 saturated carbocycles. The molecule has 0 amide bonds. The zero-order valence-electron chi connectivity index (χ0n) is 12.5. The number of rotatable bonds is 0. The van der Waals surface area contributed by atoms with E-state index in [0.717, 1.165) is 0 Å². The Morgan fingerprint density at radius 2 is 0.500 bits per heavy atom. The predicted molar refractivity (Wildman–Crippen MR) is 87.8 cm³/mol. The first-order chi connectivity index (χ1) is 6.93. The van der Waals surface area contributed by atoms with Crippen LogP contribution in [0.2, 0.25) is 58.9 Å². The molecule has 0 aliphatic carbocycles. The van der Waals surface area contributed by atoms with E-state index >= 15 is 0 Å². The van der Waals surface area contributed by atoms with E-state index in [1.54, 1.807) is 0 Å². The van der Waals surface area contributed by atoms with Crippen LogP contribution < -0.4 is 0 Å². The molecule has 16 heavy (non-hydrogen) atoms. The van der Waals surface area contributed by atoms with E-state index in [9.17, 15) is 0 Å². The monoisotopic (exact) mass is 304 g/mol. The van der Waals surface area contributed by atoms with Crippen molar-refractivity contribution in [2.45, 2.75) is 58.9 Å². The number of hydrogen-bond acceptors (Lipinski definition) is 3. The van der Waals surface area contributed by atoms with Crippen LogP contribution in [0.5, 0.6) is 0 Å².